The molecule has 22 heavy (non-hydrogen) atoms. The number of allylic oxidation sites excluding steroid dienone is 1. The minimum atomic E-state index is -1.34. The molecule has 1 saturated carbocycles. The summed E-state index contributed by atoms with van der Waals surface area (Å²) in [4.78, 5) is 24.6. The lowest BCUT2D eigenvalue weighted by atomic mass is 9.65. The van der Waals surface area contributed by atoms with Gasteiger partial charge < -0.3 is 15.2 Å². The van der Waals surface area contributed by atoms with E-state index in [0.717, 1.165) is 24.8 Å². The van der Waals surface area contributed by atoms with Crippen LogP contribution in [0, 0.1) is 17.8 Å². The molecule has 0 aromatic rings. The van der Waals surface area contributed by atoms with Crippen LogP contribution < -0.4 is 5.32 Å². The molecule has 0 aromatic heterocycles. The van der Waals surface area contributed by atoms with Gasteiger partial charge in [0.2, 0.25) is 11.4 Å². The number of aliphatic hydroxyl groups excluding tert-OH is 1. The summed E-state index contributed by atoms with van der Waals surface area (Å²) in [5, 5.41) is 13.7. The molecule has 120 valence electrons. The summed E-state index contributed by atoms with van der Waals surface area (Å²) in [6.07, 6.45) is 4.62. The predicted octanol–water partition coefficient (Wildman–Crippen LogP) is 1.13. The molecule has 1 amide bonds. The lowest BCUT2D eigenvalue weighted by Gasteiger charge is -2.53. The van der Waals surface area contributed by atoms with E-state index in [4.69, 9.17) is 16.3 Å². The Morgan fingerprint density at radius 1 is 1.55 bits per heavy atom. The van der Waals surface area contributed by atoms with Gasteiger partial charge in [-0.3, -0.25) is 4.79 Å². The van der Waals surface area contributed by atoms with E-state index in [1.807, 2.05) is 6.08 Å². The molecule has 4 aliphatic rings. The number of alkyl halides is 1. The Kier molecular flexibility index (Phi) is 2.96. The molecule has 0 bridgehead atoms. The number of fused-ring (bicyclic) bond motifs is 2. The Morgan fingerprint density at radius 2 is 2.32 bits per heavy atom. The molecular formula is C16H20ClNO4. The summed E-state index contributed by atoms with van der Waals surface area (Å²) >= 11 is 5.79. The third-order valence-corrected chi connectivity index (χ3v) is 6.32. The Balaban J connectivity index is 1.71. The number of carbonyl (C=O) groups is 2. The van der Waals surface area contributed by atoms with E-state index in [-0.39, 0.29) is 5.91 Å². The van der Waals surface area contributed by atoms with E-state index >= 15 is 0 Å². The standard InChI is InChI=1S/C16H20ClNO4/c1-15-11(5-6-17)13(20)18-16(15,14(21)22-15)12(19)9-4-2-3-8-7-10(8)9/h4,8,10-12,19H,2-3,5-7H2,1H3,(H,18,20)/t8-,10+,11+,12+,15?,16?/m1/s1. The maximum absolute atomic E-state index is 12.3. The highest BCUT2D eigenvalue weighted by Gasteiger charge is 2.79. The first kappa shape index (κ1) is 14.5. The molecule has 2 unspecified atom stereocenters. The van der Waals surface area contributed by atoms with Crippen molar-refractivity contribution >= 4 is 23.5 Å². The first-order valence-electron chi connectivity index (χ1n) is 7.95. The Labute approximate surface area is 134 Å². The van der Waals surface area contributed by atoms with Crippen molar-refractivity contribution < 1.29 is 19.4 Å². The Hall–Kier alpha value is -1.07. The molecule has 5 nitrogen and oxygen atoms in total. The Morgan fingerprint density at radius 3 is 3.00 bits per heavy atom. The van der Waals surface area contributed by atoms with Crippen LogP contribution in [0.4, 0.5) is 0 Å². The van der Waals surface area contributed by atoms with Gasteiger partial charge in [-0.2, -0.15) is 0 Å². The third kappa shape index (κ3) is 1.54. The molecule has 2 heterocycles. The number of ether oxygens (including phenoxy) is 1. The van der Waals surface area contributed by atoms with Crippen molar-refractivity contribution in [1.82, 2.24) is 5.32 Å². The minimum Gasteiger partial charge on any atom is -0.453 e. The van der Waals surface area contributed by atoms with Gasteiger partial charge in [0.05, 0.1) is 5.92 Å². The van der Waals surface area contributed by atoms with E-state index in [1.54, 1.807) is 6.92 Å². The van der Waals surface area contributed by atoms with Crippen LogP contribution in [0.1, 0.15) is 32.6 Å². The first-order valence-corrected chi connectivity index (χ1v) is 8.48. The van der Waals surface area contributed by atoms with Gasteiger partial charge in [0.25, 0.3) is 0 Å². The predicted molar refractivity (Wildman–Crippen MR) is 79.1 cm³/mol. The van der Waals surface area contributed by atoms with Crippen molar-refractivity contribution in [3.63, 3.8) is 0 Å². The summed E-state index contributed by atoms with van der Waals surface area (Å²) in [5.41, 5.74) is -1.44. The number of rotatable bonds is 4. The summed E-state index contributed by atoms with van der Waals surface area (Å²) < 4.78 is 5.38. The molecule has 0 radical (unpaired) electrons. The van der Waals surface area contributed by atoms with Crippen molar-refractivity contribution in [2.75, 3.05) is 5.88 Å². The topological polar surface area (TPSA) is 75.6 Å². The fraction of sp³-hybridized carbons (Fsp3) is 0.750. The number of carbonyl (C=O) groups excluding carboxylic acids is 2. The van der Waals surface area contributed by atoms with Gasteiger partial charge in [-0.1, -0.05) is 6.08 Å². The molecule has 0 spiro atoms. The summed E-state index contributed by atoms with van der Waals surface area (Å²) in [7, 11) is 0. The Bertz CT molecular complexity index is 591. The van der Waals surface area contributed by atoms with Gasteiger partial charge in [0.15, 0.2) is 5.60 Å². The molecule has 2 aliphatic carbocycles. The normalized spacial score (nSPS) is 46.7. The quantitative estimate of drug-likeness (QED) is 0.461. The second-order valence-electron chi connectivity index (χ2n) is 7.11. The minimum absolute atomic E-state index is 0.253. The van der Waals surface area contributed by atoms with Crippen LogP contribution in [-0.2, 0) is 14.3 Å². The first-order chi connectivity index (χ1) is 10.5. The molecular weight excluding hydrogens is 306 g/mol. The lowest BCUT2D eigenvalue weighted by Crippen LogP contribution is -2.79. The van der Waals surface area contributed by atoms with E-state index in [1.165, 1.54) is 0 Å². The second-order valence-corrected chi connectivity index (χ2v) is 7.49. The van der Waals surface area contributed by atoms with Crippen LogP contribution in [0.15, 0.2) is 11.6 Å². The second kappa shape index (κ2) is 4.48. The lowest BCUT2D eigenvalue weighted by molar-refractivity contribution is -0.232. The van der Waals surface area contributed by atoms with E-state index < -0.39 is 29.1 Å². The smallest absolute Gasteiger partial charge is 0.339 e. The van der Waals surface area contributed by atoms with Gasteiger partial charge in [0, 0.05) is 5.88 Å². The zero-order chi connectivity index (χ0) is 15.7. The van der Waals surface area contributed by atoms with Crippen LogP contribution in [0.5, 0.6) is 0 Å². The highest BCUT2D eigenvalue weighted by Crippen LogP contribution is 2.57. The zero-order valence-electron chi connectivity index (χ0n) is 12.5. The number of amides is 1. The summed E-state index contributed by atoms with van der Waals surface area (Å²) in [6.45, 7) is 1.74. The fourth-order valence-electron chi connectivity index (χ4n) is 4.68. The van der Waals surface area contributed by atoms with Crippen LogP contribution >= 0.6 is 11.6 Å². The van der Waals surface area contributed by atoms with Gasteiger partial charge in [-0.25, -0.2) is 4.79 Å². The van der Waals surface area contributed by atoms with Crippen molar-refractivity contribution in [3.8, 4) is 0 Å². The molecule has 6 heteroatoms. The summed E-state index contributed by atoms with van der Waals surface area (Å²) in [5.74, 6) is 0.0129. The number of aliphatic hydroxyl groups is 1. The summed E-state index contributed by atoms with van der Waals surface area (Å²) in [6, 6.07) is 0. The van der Waals surface area contributed by atoms with Crippen LogP contribution in [0.2, 0.25) is 0 Å². The van der Waals surface area contributed by atoms with Crippen molar-refractivity contribution in [2.45, 2.75) is 49.9 Å². The number of hydrogen-bond donors (Lipinski definition) is 2. The molecule has 2 saturated heterocycles. The van der Waals surface area contributed by atoms with E-state index in [9.17, 15) is 14.7 Å². The van der Waals surface area contributed by atoms with E-state index in [2.05, 4.69) is 5.32 Å². The van der Waals surface area contributed by atoms with Gasteiger partial charge in [-0.05, 0) is 50.0 Å². The largest absolute Gasteiger partial charge is 0.453 e. The maximum Gasteiger partial charge on any atom is 0.339 e. The van der Waals surface area contributed by atoms with Gasteiger partial charge in [-0.15, -0.1) is 11.6 Å². The molecule has 3 fully saturated rings. The molecule has 4 rings (SSSR count). The number of esters is 1. The SMILES string of the molecule is CC12OC(=O)C1([C@@H](O)C1=CCC[C@@H]3C[C@H]13)NC(=O)[C@@H]2CCCl. The van der Waals surface area contributed by atoms with Crippen LogP contribution in [0.3, 0.4) is 0 Å². The monoisotopic (exact) mass is 325 g/mol. The number of hydrogen-bond acceptors (Lipinski definition) is 4. The maximum atomic E-state index is 12.3. The zero-order valence-corrected chi connectivity index (χ0v) is 13.2. The van der Waals surface area contributed by atoms with Gasteiger partial charge >= 0.3 is 5.97 Å². The number of nitrogens with one attached hydrogen (secondary N) is 1. The van der Waals surface area contributed by atoms with Crippen molar-refractivity contribution in [3.05, 3.63) is 11.6 Å². The molecule has 2 N–H and O–H groups in total. The third-order valence-electron chi connectivity index (χ3n) is 6.10. The average Bonchev–Trinajstić information content (AvgIpc) is 3.25. The van der Waals surface area contributed by atoms with Crippen LogP contribution in [0.25, 0.3) is 0 Å². The van der Waals surface area contributed by atoms with Crippen LogP contribution in [-0.4, -0.2) is 40.1 Å². The molecule has 0 aromatic carbocycles. The van der Waals surface area contributed by atoms with Crippen molar-refractivity contribution in [2.24, 2.45) is 17.8 Å². The van der Waals surface area contributed by atoms with Gasteiger partial charge in [0.1, 0.15) is 6.10 Å². The highest BCUT2D eigenvalue weighted by molar-refractivity contribution is 6.18. The van der Waals surface area contributed by atoms with E-state index in [0.29, 0.717) is 24.1 Å². The molecule has 2 aliphatic heterocycles. The fourth-order valence-corrected chi connectivity index (χ4v) is 4.90. The van der Waals surface area contributed by atoms with Crippen molar-refractivity contribution in [1.29, 1.82) is 0 Å². The average molecular weight is 326 g/mol. The number of halogens is 1. The molecule has 6 atom stereocenters. The highest BCUT2D eigenvalue weighted by atomic mass is 35.5.